The smallest absolute Gasteiger partial charge is 0.336 e. The lowest BCUT2D eigenvalue weighted by molar-refractivity contribution is -0.140. The van der Waals surface area contributed by atoms with Gasteiger partial charge in [-0.15, -0.1) is 0 Å². The van der Waals surface area contributed by atoms with E-state index in [0.29, 0.717) is 46.9 Å². The molecule has 5 nitrogen and oxygen atoms in total. The summed E-state index contributed by atoms with van der Waals surface area (Å²) in [4.78, 5) is 26.7. The van der Waals surface area contributed by atoms with Crippen LogP contribution < -0.4 is 5.32 Å². The lowest BCUT2D eigenvalue weighted by atomic mass is 9.71. The van der Waals surface area contributed by atoms with Crippen LogP contribution in [0.2, 0.25) is 5.02 Å². The van der Waals surface area contributed by atoms with Crippen LogP contribution in [0.5, 0.6) is 5.75 Å². The van der Waals surface area contributed by atoms with Crippen molar-refractivity contribution in [1.82, 2.24) is 5.32 Å². The molecule has 2 aromatic carbocycles. The first kappa shape index (κ1) is 23.1. The summed E-state index contributed by atoms with van der Waals surface area (Å²) in [7, 11) is 0. The van der Waals surface area contributed by atoms with Crippen LogP contribution in [0, 0.1) is 5.92 Å². The van der Waals surface area contributed by atoms with Crippen LogP contribution in [-0.2, 0) is 14.3 Å². The summed E-state index contributed by atoms with van der Waals surface area (Å²) in [5.41, 5.74) is 4.22. The Kier molecular flexibility index (Phi) is 6.61. The molecule has 6 heteroatoms. The van der Waals surface area contributed by atoms with Crippen LogP contribution in [0.4, 0.5) is 0 Å². The number of halogens is 1. The summed E-state index contributed by atoms with van der Waals surface area (Å²) in [5, 5.41) is 14.1. The third-order valence-corrected chi connectivity index (χ3v) is 6.39. The van der Waals surface area contributed by atoms with Gasteiger partial charge in [-0.25, -0.2) is 4.79 Å². The predicted molar refractivity (Wildman–Crippen MR) is 128 cm³/mol. The van der Waals surface area contributed by atoms with E-state index in [1.165, 1.54) is 0 Å². The number of ketones is 1. The molecule has 0 saturated carbocycles. The summed E-state index contributed by atoms with van der Waals surface area (Å²) in [6, 6.07) is 14.3. The van der Waals surface area contributed by atoms with Crippen LogP contribution >= 0.6 is 11.6 Å². The summed E-state index contributed by atoms with van der Waals surface area (Å²) < 4.78 is 5.57. The standard InChI is InChI=1S/C27H28ClNO4/c1-15(2)14-33-27(32)24-16(3)29-22-12-19(17-7-9-20(28)10-8-17)13-23(31)26(22)25(24)18-5-4-6-21(30)11-18/h4-11,15,19,25,29-30H,12-14H2,1-3H3. The molecular formula is C27H28ClNO4. The molecule has 2 unspecified atom stereocenters. The Morgan fingerprint density at radius 3 is 2.55 bits per heavy atom. The third-order valence-electron chi connectivity index (χ3n) is 6.14. The Labute approximate surface area is 199 Å². The number of carbonyl (C=O) groups excluding carboxylic acids is 2. The fraction of sp³-hybridized carbons (Fsp3) is 0.333. The Balaban J connectivity index is 1.76. The number of rotatable bonds is 5. The number of allylic oxidation sites excluding steroid dienone is 3. The molecule has 1 aliphatic heterocycles. The van der Waals surface area contributed by atoms with E-state index in [-0.39, 0.29) is 23.4 Å². The number of aromatic hydroxyl groups is 1. The number of carbonyl (C=O) groups is 2. The molecule has 2 atom stereocenters. The number of dihydropyridines is 1. The molecule has 172 valence electrons. The van der Waals surface area contributed by atoms with Crippen molar-refractivity contribution in [1.29, 1.82) is 0 Å². The van der Waals surface area contributed by atoms with Crippen molar-refractivity contribution in [3.63, 3.8) is 0 Å². The van der Waals surface area contributed by atoms with Gasteiger partial charge in [0.2, 0.25) is 0 Å². The molecule has 0 spiro atoms. The topological polar surface area (TPSA) is 75.6 Å². The predicted octanol–water partition coefficient (Wildman–Crippen LogP) is 5.61. The van der Waals surface area contributed by atoms with E-state index in [4.69, 9.17) is 16.3 Å². The number of hydrogen-bond donors (Lipinski definition) is 2. The highest BCUT2D eigenvalue weighted by atomic mass is 35.5. The second-order valence-corrected chi connectivity index (χ2v) is 9.59. The third kappa shape index (κ3) is 4.83. The minimum absolute atomic E-state index is 0.0151. The molecular weight excluding hydrogens is 438 g/mol. The molecule has 2 aliphatic rings. The van der Waals surface area contributed by atoms with Crippen LogP contribution in [0.15, 0.2) is 71.1 Å². The van der Waals surface area contributed by atoms with Crippen molar-refractivity contribution in [2.75, 3.05) is 6.61 Å². The van der Waals surface area contributed by atoms with Crippen molar-refractivity contribution < 1.29 is 19.4 Å². The van der Waals surface area contributed by atoms with Gasteiger partial charge < -0.3 is 15.2 Å². The Bertz CT molecular complexity index is 1150. The highest BCUT2D eigenvalue weighted by Crippen LogP contribution is 2.46. The Morgan fingerprint density at radius 2 is 1.88 bits per heavy atom. The molecule has 33 heavy (non-hydrogen) atoms. The Hall–Kier alpha value is -3.05. The number of phenols is 1. The van der Waals surface area contributed by atoms with Crippen LogP contribution in [-0.4, -0.2) is 23.5 Å². The molecule has 0 radical (unpaired) electrons. The first-order valence-corrected chi connectivity index (χ1v) is 11.6. The highest BCUT2D eigenvalue weighted by molar-refractivity contribution is 6.30. The zero-order chi connectivity index (χ0) is 23.7. The van der Waals surface area contributed by atoms with E-state index in [0.717, 1.165) is 11.3 Å². The lowest BCUT2D eigenvalue weighted by Crippen LogP contribution is -2.36. The summed E-state index contributed by atoms with van der Waals surface area (Å²) in [6.07, 6.45) is 0.981. The quantitative estimate of drug-likeness (QED) is 0.561. The van der Waals surface area contributed by atoms with Gasteiger partial charge in [-0.3, -0.25) is 4.79 Å². The first-order chi connectivity index (χ1) is 15.7. The van der Waals surface area contributed by atoms with Gasteiger partial charge in [0.15, 0.2) is 5.78 Å². The number of nitrogens with one attached hydrogen (secondary N) is 1. The van der Waals surface area contributed by atoms with Crippen LogP contribution in [0.3, 0.4) is 0 Å². The maximum atomic E-state index is 13.5. The summed E-state index contributed by atoms with van der Waals surface area (Å²) in [5.74, 6) is -0.750. The fourth-order valence-electron chi connectivity index (χ4n) is 4.64. The van der Waals surface area contributed by atoms with Gasteiger partial charge >= 0.3 is 5.97 Å². The van der Waals surface area contributed by atoms with E-state index < -0.39 is 11.9 Å². The van der Waals surface area contributed by atoms with Gasteiger partial charge in [-0.05, 0) is 60.6 Å². The minimum Gasteiger partial charge on any atom is -0.508 e. The molecule has 0 aromatic heterocycles. The van der Waals surface area contributed by atoms with Crippen LogP contribution in [0.25, 0.3) is 0 Å². The summed E-state index contributed by atoms with van der Waals surface area (Å²) in [6.45, 7) is 6.08. The average Bonchev–Trinajstić information content (AvgIpc) is 2.76. The molecule has 0 saturated heterocycles. The number of esters is 1. The van der Waals surface area contributed by atoms with Crippen molar-refractivity contribution in [2.24, 2.45) is 5.92 Å². The lowest BCUT2D eigenvalue weighted by Gasteiger charge is -2.36. The van der Waals surface area contributed by atoms with E-state index >= 15 is 0 Å². The van der Waals surface area contributed by atoms with Gasteiger partial charge in [0, 0.05) is 34.3 Å². The number of hydrogen-bond acceptors (Lipinski definition) is 5. The molecule has 1 aliphatic carbocycles. The van der Waals surface area contributed by atoms with Gasteiger partial charge in [0.25, 0.3) is 0 Å². The molecule has 0 bridgehead atoms. The van der Waals surface area contributed by atoms with Gasteiger partial charge in [-0.1, -0.05) is 49.7 Å². The molecule has 2 aromatic rings. The molecule has 1 heterocycles. The largest absolute Gasteiger partial charge is 0.508 e. The monoisotopic (exact) mass is 465 g/mol. The van der Waals surface area contributed by atoms with E-state index in [9.17, 15) is 14.7 Å². The SMILES string of the molecule is CC1=C(C(=O)OCC(C)C)C(c2cccc(O)c2)C2=C(CC(c3ccc(Cl)cc3)CC2=O)N1. The fourth-order valence-corrected chi connectivity index (χ4v) is 4.76. The molecule has 4 rings (SSSR count). The number of phenolic OH excluding ortho intramolecular Hbond substituents is 1. The maximum Gasteiger partial charge on any atom is 0.336 e. The number of benzene rings is 2. The first-order valence-electron chi connectivity index (χ1n) is 11.2. The maximum absolute atomic E-state index is 13.5. The van der Waals surface area contributed by atoms with Crippen molar-refractivity contribution >= 4 is 23.4 Å². The van der Waals surface area contributed by atoms with E-state index in [1.807, 2.05) is 51.1 Å². The molecule has 0 amide bonds. The molecule has 2 N–H and O–H groups in total. The van der Waals surface area contributed by atoms with E-state index in [1.54, 1.807) is 18.2 Å². The second-order valence-electron chi connectivity index (χ2n) is 9.16. The number of ether oxygens (including phenoxy) is 1. The zero-order valence-corrected chi connectivity index (χ0v) is 19.8. The second kappa shape index (κ2) is 9.44. The highest BCUT2D eigenvalue weighted by Gasteiger charge is 2.41. The van der Waals surface area contributed by atoms with Gasteiger partial charge in [-0.2, -0.15) is 0 Å². The van der Waals surface area contributed by atoms with Crippen molar-refractivity contribution in [3.8, 4) is 5.75 Å². The Morgan fingerprint density at radius 1 is 1.15 bits per heavy atom. The van der Waals surface area contributed by atoms with Crippen molar-refractivity contribution in [2.45, 2.75) is 45.4 Å². The average molecular weight is 466 g/mol. The summed E-state index contributed by atoms with van der Waals surface area (Å²) >= 11 is 6.04. The van der Waals surface area contributed by atoms with Crippen molar-refractivity contribution in [3.05, 3.63) is 87.2 Å². The number of Topliss-reactive ketones (excluding diaryl/α,β-unsaturated/α-hetero) is 1. The zero-order valence-electron chi connectivity index (χ0n) is 19.0. The minimum atomic E-state index is -0.591. The normalized spacial score (nSPS) is 20.6. The van der Waals surface area contributed by atoms with Gasteiger partial charge in [0.05, 0.1) is 12.2 Å². The van der Waals surface area contributed by atoms with E-state index in [2.05, 4.69) is 5.32 Å². The van der Waals surface area contributed by atoms with Crippen LogP contribution in [0.1, 0.15) is 56.6 Å². The van der Waals surface area contributed by atoms with Gasteiger partial charge in [0.1, 0.15) is 5.75 Å². The molecule has 0 fully saturated rings.